The maximum atomic E-state index is 12.9. The van der Waals surface area contributed by atoms with E-state index >= 15 is 0 Å². The zero-order valence-electron chi connectivity index (χ0n) is 15.3. The average molecular weight is 410 g/mol. The number of benzene rings is 1. The number of amides is 1. The van der Waals surface area contributed by atoms with Crippen molar-refractivity contribution in [2.24, 2.45) is 0 Å². The number of hydrogen-bond acceptors (Lipinski definition) is 6. The van der Waals surface area contributed by atoms with Crippen LogP contribution in [0.15, 0.2) is 40.6 Å². The molecule has 1 fully saturated rings. The number of carbonyl (C=O) groups is 1. The number of piperazine rings is 1. The number of ether oxygens (including phenoxy) is 1. The van der Waals surface area contributed by atoms with E-state index in [1.165, 1.54) is 22.6 Å². The molecule has 27 heavy (non-hydrogen) atoms. The summed E-state index contributed by atoms with van der Waals surface area (Å²) < 4.78 is 33.1. The quantitative estimate of drug-likeness (QED) is 0.788. The van der Waals surface area contributed by atoms with Crippen molar-refractivity contribution in [3.63, 3.8) is 0 Å². The van der Waals surface area contributed by atoms with Gasteiger partial charge in [0, 0.05) is 38.0 Å². The fourth-order valence-electron chi connectivity index (χ4n) is 2.99. The van der Waals surface area contributed by atoms with E-state index in [1.54, 1.807) is 19.2 Å². The van der Waals surface area contributed by atoms with E-state index in [9.17, 15) is 13.2 Å². The molecule has 1 saturated heterocycles. The van der Waals surface area contributed by atoms with Gasteiger partial charge in [-0.25, -0.2) is 8.42 Å². The highest BCUT2D eigenvalue weighted by Crippen LogP contribution is 2.30. The van der Waals surface area contributed by atoms with E-state index in [1.807, 2.05) is 24.3 Å². The van der Waals surface area contributed by atoms with Crippen molar-refractivity contribution in [3.8, 4) is 5.75 Å². The third-order valence-corrected chi connectivity index (χ3v) is 7.86. The molecule has 0 atom stereocenters. The van der Waals surface area contributed by atoms with Gasteiger partial charge >= 0.3 is 0 Å². The second-order valence-electron chi connectivity index (χ2n) is 6.19. The van der Waals surface area contributed by atoms with Gasteiger partial charge < -0.3 is 15.0 Å². The van der Waals surface area contributed by atoms with Gasteiger partial charge in [0.2, 0.25) is 5.91 Å². The van der Waals surface area contributed by atoms with Gasteiger partial charge in [-0.3, -0.25) is 4.79 Å². The monoisotopic (exact) mass is 409 g/mol. The average Bonchev–Trinajstić information content (AvgIpc) is 3.16. The molecule has 1 aromatic carbocycles. The second-order valence-corrected chi connectivity index (χ2v) is 9.53. The van der Waals surface area contributed by atoms with Crippen LogP contribution in [0.5, 0.6) is 5.75 Å². The molecule has 0 aliphatic carbocycles. The highest BCUT2D eigenvalue weighted by Gasteiger charge is 2.30. The lowest BCUT2D eigenvalue weighted by molar-refractivity contribution is -0.119. The summed E-state index contributed by atoms with van der Waals surface area (Å²) in [6, 6.07) is 11.1. The van der Waals surface area contributed by atoms with Crippen molar-refractivity contribution < 1.29 is 17.9 Å². The standard InChI is InChI=1S/C18H23N3O4S2/c1-14(22)19-13-15-7-8-18(26-15)27(23,24)21-11-9-20(10-12-21)16-5-3-4-6-17(16)25-2/h3-8H,9-13H2,1-2H3,(H,19,22). The third kappa shape index (κ3) is 4.42. The molecule has 2 aromatic rings. The normalized spacial score (nSPS) is 15.6. The fourth-order valence-corrected chi connectivity index (χ4v) is 5.86. The van der Waals surface area contributed by atoms with Crippen LogP contribution >= 0.6 is 11.3 Å². The lowest BCUT2D eigenvalue weighted by atomic mass is 10.2. The van der Waals surface area contributed by atoms with E-state index in [4.69, 9.17) is 4.74 Å². The summed E-state index contributed by atoms with van der Waals surface area (Å²) in [5, 5.41) is 2.69. The number of methoxy groups -OCH3 is 1. The van der Waals surface area contributed by atoms with Crippen LogP contribution in [-0.2, 0) is 21.4 Å². The number of thiophene rings is 1. The first-order chi connectivity index (χ1) is 12.9. The molecule has 1 amide bonds. The number of rotatable bonds is 6. The summed E-state index contributed by atoms with van der Waals surface area (Å²) in [5.74, 6) is 0.648. The van der Waals surface area contributed by atoms with E-state index in [2.05, 4.69) is 10.2 Å². The van der Waals surface area contributed by atoms with Crippen molar-refractivity contribution in [3.05, 3.63) is 41.3 Å². The Bertz CT molecular complexity index is 903. The predicted octanol–water partition coefficient (Wildman–Crippen LogP) is 1.90. The number of carbonyl (C=O) groups excluding carboxylic acids is 1. The van der Waals surface area contributed by atoms with Crippen molar-refractivity contribution >= 4 is 33.0 Å². The Kier molecular flexibility index (Phi) is 6.03. The Hall–Kier alpha value is -2.10. The first kappa shape index (κ1) is 19.7. The van der Waals surface area contributed by atoms with Crippen LogP contribution in [0.4, 0.5) is 5.69 Å². The summed E-state index contributed by atoms with van der Waals surface area (Å²) in [6.45, 7) is 3.82. The van der Waals surface area contributed by atoms with Crippen molar-refractivity contribution in [1.29, 1.82) is 0 Å². The molecule has 2 heterocycles. The number of hydrogen-bond donors (Lipinski definition) is 1. The van der Waals surface area contributed by atoms with Gasteiger partial charge in [-0.05, 0) is 24.3 Å². The lowest BCUT2D eigenvalue weighted by Crippen LogP contribution is -2.48. The summed E-state index contributed by atoms with van der Waals surface area (Å²) in [7, 11) is -1.89. The minimum absolute atomic E-state index is 0.139. The second kappa shape index (κ2) is 8.28. The molecule has 7 nitrogen and oxygen atoms in total. The van der Waals surface area contributed by atoms with Crippen LogP contribution < -0.4 is 15.0 Å². The predicted molar refractivity (Wildman–Crippen MR) is 106 cm³/mol. The number of sulfonamides is 1. The number of nitrogens with one attached hydrogen (secondary N) is 1. The van der Waals surface area contributed by atoms with E-state index in [-0.39, 0.29) is 5.91 Å². The van der Waals surface area contributed by atoms with Crippen molar-refractivity contribution in [2.75, 3.05) is 38.2 Å². The Balaban J connectivity index is 1.67. The van der Waals surface area contributed by atoms with Gasteiger partial charge in [0.05, 0.1) is 19.3 Å². The summed E-state index contributed by atoms with van der Waals surface area (Å²) in [6.07, 6.45) is 0. The Labute approximate surface area is 163 Å². The molecule has 1 aromatic heterocycles. The summed E-state index contributed by atoms with van der Waals surface area (Å²) in [4.78, 5) is 14.0. The smallest absolute Gasteiger partial charge is 0.252 e. The van der Waals surface area contributed by atoms with E-state index < -0.39 is 10.0 Å². The van der Waals surface area contributed by atoms with E-state index in [0.717, 1.165) is 16.3 Å². The summed E-state index contributed by atoms with van der Waals surface area (Å²) >= 11 is 1.20. The van der Waals surface area contributed by atoms with Crippen LogP contribution in [-0.4, -0.2) is 51.9 Å². The first-order valence-corrected chi connectivity index (χ1v) is 10.9. The lowest BCUT2D eigenvalue weighted by Gasteiger charge is -2.35. The number of para-hydroxylation sites is 2. The van der Waals surface area contributed by atoms with Gasteiger partial charge in [-0.1, -0.05) is 12.1 Å². The zero-order valence-corrected chi connectivity index (χ0v) is 17.0. The molecule has 1 aliphatic rings. The van der Waals surface area contributed by atoms with Crippen LogP contribution in [0.25, 0.3) is 0 Å². The molecule has 0 bridgehead atoms. The molecule has 9 heteroatoms. The van der Waals surface area contributed by atoms with Gasteiger partial charge in [-0.15, -0.1) is 11.3 Å². The van der Waals surface area contributed by atoms with E-state index in [0.29, 0.717) is 36.9 Å². The highest BCUT2D eigenvalue weighted by atomic mass is 32.2. The molecule has 0 saturated carbocycles. The van der Waals surface area contributed by atoms with Crippen LogP contribution in [0.2, 0.25) is 0 Å². The minimum Gasteiger partial charge on any atom is -0.495 e. The van der Waals surface area contributed by atoms with Crippen molar-refractivity contribution in [2.45, 2.75) is 17.7 Å². The molecular weight excluding hydrogens is 386 g/mol. The third-order valence-electron chi connectivity index (χ3n) is 4.41. The van der Waals surface area contributed by atoms with Gasteiger partial charge in [0.1, 0.15) is 9.96 Å². The SMILES string of the molecule is COc1ccccc1N1CCN(S(=O)(=O)c2ccc(CNC(C)=O)s2)CC1. The number of anilines is 1. The highest BCUT2D eigenvalue weighted by molar-refractivity contribution is 7.91. The van der Waals surface area contributed by atoms with Crippen LogP contribution in [0.1, 0.15) is 11.8 Å². The molecule has 1 N–H and O–H groups in total. The molecular formula is C18H23N3O4S2. The molecule has 0 radical (unpaired) electrons. The van der Waals surface area contributed by atoms with Gasteiger partial charge in [0.25, 0.3) is 10.0 Å². The maximum absolute atomic E-state index is 12.9. The Morgan fingerprint density at radius 3 is 2.52 bits per heavy atom. The zero-order chi connectivity index (χ0) is 19.4. The Morgan fingerprint density at radius 2 is 1.85 bits per heavy atom. The van der Waals surface area contributed by atoms with Gasteiger partial charge in [0.15, 0.2) is 0 Å². The minimum atomic E-state index is -3.52. The Morgan fingerprint density at radius 1 is 1.15 bits per heavy atom. The topological polar surface area (TPSA) is 79.0 Å². The fraction of sp³-hybridized carbons (Fsp3) is 0.389. The van der Waals surface area contributed by atoms with Gasteiger partial charge in [-0.2, -0.15) is 4.31 Å². The molecule has 0 unspecified atom stereocenters. The van der Waals surface area contributed by atoms with Crippen LogP contribution in [0, 0.1) is 0 Å². The maximum Gasteiger partial charge on any atom is 0.252 e. The molecule has 3 rings (SSSR count). The molecule has 0 spiro atoms. The van der Waals surface area contributed by atoms with Crippen LogP contribution in [0.3, 0.4) is 0 Å². The van der Waals surface area contributed by atoms with Crippen molar-refractivity contribution in [1.82, 2.24) is 9.62 Å². The largest absolute Gasteiger partial charge is 0.495 e. The number of nitrogens with zero attached hydrogens (tertiary/aromatic N) is 2. The first-order valence-electron chi connectivity index (χ1n) is 8.63. The molecule has 1 aliphatic heterocycles. The summed E-state index contributed by atoms with van der Waals surface area (Å²) in [5.41, 5.74) is 0.978. The molecule has 146 valence electrons.